The van der Waals surface area contributed by atoms with E-state index in [9.17, 15) is 0 Å². The van der Waals surface area contributed by atoms with Gasteiger partial charge < -0.3 is 0 Å². The molecule has 1 aliphatic rings. The molecule has 0 bridgehead atoms. The third kappa shape index (κ3) is 5.64. The smallest absolute Gasteiger partial charge is 0.116 e. The van der Waals surface area contributed by atoms with Crippen LogP contribution in [-0.2, 0) is 12.8 Å². The summed E-state index contributed by atoms with van der Waals surface area (Å²) in [4.78, 5) is 9.06. The summed E-state index contributed by atoms with van der Waals surface area (Å²) in [6.07, 6.45) is 18.3. The molecule has 2 nitrogen and oxygen atoms in total. The highest BCUT2D eigenvalue weighted by atomic mass is 14.8. The van der Waals surface area contributed by atoms with Crippen LogP contribution >= 0.6 is 0 Å². The Kier molecular flexibility index (Phi) is 7.86. The fraction of sp³-hybridized carbons (Fsp3) is 0.600. The van der Waals surface area contributed by atoms with Crippen LogP contribution in [0.4, 0.5) is 0 Å². The number of aryl methyl sites for hydroxylation is 2. The molecule has 1 saturated carbocycles. The van der Waals surface area contributed by atoms with Crippen molar-refractivity contribution in [3.63, 3.8) is 0 Å². The molecule has 0 spiro atoms. The van der Waals surface area contributed by atoms with Crippen LogP contribution in [0.3, 0.4) is 0 Å². The minimum Gasteiger partial charge on any atom is -0.244 e. The van der Waals surface area contributed by atoms with Gasteiger partial charge in [0.25, 0.3) is 0 Å². The maximum Gasteiger partial charge on any atom is 0.116 e. The molecule has 0 unspecified atom stereocenters. The molecule has 0 radical (unpaired) electrons. The zero-order valence-corrected chi connectivity index (χ0v) is 17.3. The van der Waals surface area contributed by atoms with Crippen molar-refractivity contribution in [2.75, 3.05) is 0 Å². The number of hydrogen-bond donors (Lipinski definition) is 0. The molecule has 0 N–H and O–H groups in total. The van der Waals surface area contributed by atoms with Crippen molar-refractivity contribution < 1.29 is 0 Å². The summed E-state index contributed by atoms with van der Waals surface area (Å²) in [6.45, 7) is 4.58. The van der Waals surface area contributed by atoms with Crippen LogP contribution in [0, 0.1) is 11.8 Å². The number of hydrogen-bond acceptors (Lipinski definition) is 2. The Hall–Kier alpha value is -1.70. The highest BCUT2D eigenvalue weighted by molar-refractivity contribution is 5.66. The lowest BCUT2D eigenvalue weighted by Crippen LogP contribution is -2.15. The van der Waals surface area contributed by atoms with Gasteiger partial charge in [-0.05, 0) is 48.6 Å². The van der Waals surface area contributed by atoms with E-state index in [-0.39, 0.29) is 0 Å². The van der Waals surface area contributed by atoms with Crippen molar-refractivity contribution in [2.45, 2.75) is 84.5 Å². The van der Waals surface area contributed by atoms with Gasteiger partial charge in [-0.2, -0.15) is 0 Å². The lowest BCUT2D eigenvalue weighted by atomic mass is 9.78. The first-order valence-corrected chi connectivity index (χ1v) is 11.2. The molecule has 2 heteroatoms. The summed E-state index contributed by atoms with van der Waals surface area (Å²) in [5.41, 5.74) is 5.24. The Bertz CT molecular complexity index is 686. The van der Waals surface area contributed by atoms with Gasteiger partial charge >= 0.3 is 0 Å². The summed E-state index contributed by atoms with van der Waals surface area (Å²) in [6, 6.07) is 8.81. The lowest BCUT2D eigenvalue weighted by molar-refractivity contribution is 0.252. The van der Waals surface area contributed by atoms with Gasteiger partial charge in [0.1, 0.15) is 6.33 Å². The molecule has 146 valence electrons. The molecule has 1 heterocycles. The van der Waals surface area contributed by atoms with Gasteiger partial charge in [0, 0.05) is 11.8 Å². The molecule has 0 aliphatic heterocycles. The van der Waals surface area contributed by atoms with Gasteiger partial charge in [0.2, 0.25) is 0 Å². The fourth-order valence-electron chi connectivity index (χ4n) is 4.70. The number of aromatic nitrogens is 2. The largest absolute Gasteiger partial charge is 0.244 e. The van der Waals surface area contributed by atoms with Crippen molar-refractivity contribution in [1.82, 2.24) is 9.97 Å². The molecule has 1 aromatic carbocycles. The monoisotopic (exact) mass is 364 g/mol. The highest BCUT2D eigenvalue weighted by Gasteiger charge is 2.21. The normalized spacial score (nSPS) is 19.9. The number of benzene rings is 1. The average molecular weight is 365 g/mol. The maximum absolute atomic E-state index is 4.71. The summed E-state index contributed by atoms with van der Waals surface area (Å²) in [5.74, 6) is 1.88. The van der Waals surface area contributed by atoms with Crippen LogP contribution in [-0.4, -0.2) is 9.97 Å². The van der Waals surface area contributed by atoms with Crippen molar-refractivity contribution in [1.29, 1.82) is 0 Å². The first-order chi connectivity index (χ1) is 13.3. The Morgan fingerprint density at radius 2 is 1.59 bits per heavy atom. The Morgan fingerprint density at radius 1 is 0.852 bits per heavy atom. The summed E-state index contributed by atoms with van der Waals surface area (Å²) < 4.78 is 0. The molecule has 27 heavy (non-hydrogen) atoms. The van der Waals surface area contributed by atoms with Gasteiger partial charge in [-0.25, -0.2) is 9.97 Å². The van der Waals surface area contributed by atoms with Crippen molar-refractivity contribution in [3.8, 4) is 11.3 Å². The van der Waals surface area contributed by atoms with E-state index < -0.39 is 0 Å². The Balaban J connectivity index is 1.67. The molecule has 1 aliphatic carbocycles. The minimum absolute atomic E-state index is 0.890. The van der Waals surface area contributed by atoms with Gasteiger partial charge in [-0.3, -0.25) is 0 Å². The summed E-state index contributed by atoms with van der Waals surface area (Å²) in [5, 5.41) is 0. The second-order valence-corrected chi connectivity index (χ2v) is 8.37. The molecule has 0 saturated heterocycles. The van der Waals surface area contributed by atoms with Crippen LogP contribution in [0.25, 0.3) is 11.3 Å². The van der Waals surface area contributed by atoms with Crippen molar-refractivity contribution in [2.24, 2.45) is 11.8 Å². The topological polar surface area (TPSA) is 25.8 Å². The molecule has 1 aromatic heterocycles. The molecular weight excluding hydrogens is 328 g/mol. The zero-order valence-electron chi connectivity index (χ0n) is 17.3. The maximum atomic E-state index is 4.71. The Labute approximate surface area is 165 Å². The predicted molar refractivity (Wildman–Crippen MR) is 115 cm³/mol. The van der Waals surface area contributed by atoms with Crippen molar-refractivity contribution in [3.05, 3.63) is 47.9 Å². The van der Waals surface area contributed by atoms with E-state index in [2.05, 4.69) is 49.3 Å². The third-order valence-electron chi connectivity index (χ3n) is 6.35. The predicted octanol–water partition coefficient (Wildman–Crippen LogP) is 7.03. The standard InChI is InChI=1S/C25H36N2/c1-3-5-9-22-10-6-7-11-24(22)25-23(18-26-19-27-25)17-16-21-14-12-20(8-4-2)13-15-21/h6-7,10-11,18-21H,3-5,8-9,12-17H2,1-2H3. The van der Waals surface area contributed by atoms with E-state index in [1.807, 2.05) is 0 Å². The second-order valence-electron chi connectivity index (χ2n) is 8.37. The molecule has 2 aromatic rings. The van der Waals surface area contributed by atoms with Crippen LogP contribution in [0.15, 0.2) is 36.8 Å². The minimum atomic E-state index is 0.890. The van der Waals surface area contributed by atoms with E-state index >= 15 is 0 Å². The van der Waals surface area contributed by atoms with E-state index in [4.69, 9.17) is 4.98 Å². The highest BCUT2D eigenvalue weighted by Crippen LogP contribution is 2.35. The van der Waals surface area contributed by atoms with Crippen LogP contribution in [0.5, 0.6) is 0 Å². The van der Waals surface area contributed by atoms with Gasteiger partial charge in [-0.1, -0.05) is 83.1 Å². The first-order valence-electron chi connectivity index (χ1n) is 11.2. The third-order valence-corrected chi connectivity index (χ3v) is 6.35. The molecular formula is C25H36N2. The molecule has 0 amide bonds. The number of unbranched alkanes of at least 4 members (excludes halogenated alkanes) is 1. The quantitative estimate of drug-likeness (QED) is 0.477. The molecule has 0 atom stereocenters. The molecule has 3 rings (SSSR count). The first kappa shape index (κ1) is 20.0. The van der Waals surface area contributed by atoms with E-state index in [0.717, 1.165) is 30.4 Å². The average Bonchev–Trinajstić information content (AvgIpc) is 2.72. The Morgan fingerprint density at radius 3 is 2.33 bits per heavy atom. The summed E-state index contributed by atoms with van der Waals surface area (Å²) in [7, 11) is 0. The SMILES string of the molecule is CCCCc1ccccc1-c1ncncc1CCC1CCC(CCC)CC1. The van der Waals surface area contributed by atoms with Gasteiger partial charge in [0.05, 0.1) is 5.69 Å². The van der Waals surface area contributed by atoms with Gasteiger partial charge in [-0.15, -0.1) is 0 Å². The second kappa shape index (κ2) is 10.6. The van der Waals surface area contributed by atoms with Crippen LogP contribution in [0.2, 0.25) is 0 Å². The van der Waals surface area contributed by atoms with E-state index in [0.29, 0.717) is 0 Å². The van der Waals surface area contributed by atoms with Gasteiger partial charge in [0.15, 0.2) is 0 Å². The van der Waals surface area contributed by atoms with E-state index in [1.54, 1.807) is 6.33 Å². The summed E-state index contributed by atoms with van der Waals surface area (Å²) >= 11 is 0. The fourth-order valence-corrected chi connectivity index (χ4v) is 4.70. The molecule has 1 fully saturated rings. The van der Waals surface area contributed by atoms with Crippen LogP contribution < -0.4 is 0 Å². The number of rotatable bonds is 9. The van der Waals surface area contributed by atoms with E-state index in [1.165, 1.54) is 74.5 Å². The van der Waals surface area contributed by atoms with Crippen molar-refractivity contribution >= 4 is 0 Å². The number of nitrogens with zero attached hydrogens (tertiary/aromatic N) is 2. The lowest BCUT2D eigenvalue weighted by Gasteiger charge is -2.28. The zero-order chi connectivity index (χ0) is 18.9. The van der Waals surface area contributed by atoms with Crippen LogP contribution in [0.1, 0.15) is 82.8 Å².